The highest BCUT2D eigenvalue weighted by molar-refractivity contribution is 9.11. The summed E-state index contributed by atoms with van der Waals surface area (Å²) in [6, 6.07) is 3.32. The van der Waals surface area contributed by atoms with Gasteiger partial charge in [0.05, 0.1) is 16.9 Å². The van der Waals surface area contributed by atoms with Crippen molar-refractivity contribution in [3.8, 4) is 0 Å². The van der Waals surface area contributed by atoms with E-state index in [4.69, 9.17) is 0 Å². The lowest BCUT2D eigenvalue weighted by Crippen LogP contribution is -2.52. The number of hydrogen-bond acceptors (Lipinski definition) is 6. The van der Waals surface area contributed by atoms with Crippen LogP contribution in [0, 0.1) is 0 Å². The van der Waals surface area contributed by atoms with Crippen molar-refractivity contribution in [2.24, 2.45) is 0 Å². The Hall–Kier alpha value is -1.01. The van der Waals surface area contributed by atoms with Crippen molar-refractivity contribution in [3.63, 3.8) is 0 Å². The molecule has 8 nitrogen and oxygen atoms in total. The summed E-state index contributed by atoms with van der Waals surface area (Å²) in [6.45, 7) is 7.42. The standard InChI is InChI=1S/C17H27BrN4O4S2/c1-17(2,3)19-14(23)11-20(4)15(24)12-21-7-9-22(10-8-21)28(25,26)16-6-5-13(18)27-16/h5-6H,7-12H2,1-4H3,(H,19,23). The molecular weight excluding hydrogens is 468 g/mol. The molecule has 0 saturated carbocycles. The lowest BCUT2D eigenvalue weighted by Gasteiger charge is -2.34. The maximum absolute atomic E-state index is 12.7. The third-order valence-corrected chi connectivity index (χ3v) is 8.14. The van der Waals surface area contributed by atoms with Crippen molar-refractivity contribution in [2.75, 3.05) is 46.3 Å². The van der Waals surface area contributed by atoms with E-state index in [2.05, 4.69) is 21.2 Å². The summed E-state index contributed by atoms with van der Waals surface area (Å²) >= 11 is 4.48. The van der Waals surface area contributed by atoms with Crippen molar-refractivity contribution < 1.29 is 18.0 Å². The van der Waals surface area contributed by atoms with E-state index < -0.39 is 10.0 Å². The van der Waals surface area contributed by atoms with Crippen molar-refractivity contribution in [3.05, 3.63) is 15.9 Å². The normalized spacial score (nSPS) is 16.8. The molecule has 1 aromatic rings. The van der Waals surface area contributed by atoms with E-state index in [1.54, 1.807) is 19.2 Å². The van der Waals surface area contributed by atoms with Gasteiger partial charge in [0, 0.05) is 38.8 Å². The molecule has 0 atom stereocenters. The molecular formula is C17H27BrN4O4S2. The number of likely N-dealkylation sites (N-methyl/N-ethyl adjacent to an activating group) is 1. The number of hydrogen-bond donors (Lipinski definition) is 1. The Bertz CT molecular complexity index is 811. The van der Waals surface area contributed by atoms with Crippen molar-refractivity contribution in [2.45, 2.75) is 30.5 Å². The molecule has 2 heterocycles. The summed E-state index contributed by atoms with van der Waals surface area (Å²) < 4.78 is 27.8. The largest absolute Gasteiger partial charge is 0.350 e. The van der Waals surface area contributed by atoms with Crippen LogP contribution in [-0.2, 0) is 19.6 Å². The van der Waals surface area contributed by atoms with Crippen LogP contribution in [0.2, 0.25) is 0 Å². The van der Waals surface area contributed by atoms with Crippen LogP contribution in [0.4, 0.5) is 0 Å². The molecule has 28 heavy (non-hydrogen) atoms. The molecule has 1 saturated heterocycles. The molecule has 2 rings (SSSR count). The number of nitrogens with zero attached hydrogens (tertiary/aromatic N) is 3. The third kappa shape index (κ3) is 6.51. The van der Waals surface area contributed by atoms with Crippen LogP contribution in [0.15, 0.2) is 20.1 Å². The average Bonchev–Trinajstić information content (AvgIpc) is 3.00. The summed E-state index contributed by atoms with van der Waals surface area (Å²) in [5, 5.41) is 2.83. The highest BCUT2D eigenvalue weighted by Gasteiger charge is 2.30. The number of halogens is 1. The smallest absolute Gasteiger partial charge is 0.252 e. The van der Waals surface area contributed by atoms with E-state index in [0.29, 0.717) is 30.4 Å². The Morgan fingerprint density at radius 1 is 1.21 bits per heavy atom. The quantitative estimate of drug-likeness (QED) is 0.641. The van der Waals surface area contributed by atoms with Gasteiger partial charge in [-0.1, -0.05) is 0 Å². The molecule has 1 N–H and O–H groups in total. The Balaban J connectivity index is 1.83. The van der Waals surface area contributed by atoms with Crippen LogP contribution in [0.25, 0.3) is 0 Å². The Morgan fingerprint density at radius 3 is 2.32 bits per heavy atom. The van der Waals surface area contributed by atoms with Gasteiger partial charge in [0.15, 0.2) is 0 Å². The van der Waals surface area contributed by atoms with Gasteiger partial charge in [0.25, 0.3) is 10.0 Å². The summed E-state index contributed by atoms with van der Waals surface area (Å²) in [6.07, 6.45) is 0. The number of piperazine rings is 1. The minimum atomic E-state index is -3.50. The number of sulfonamides is 1. The topological polar surface area (TPSA) is 90.0 Å². The summed E-state index contributed by atoms with van der Waals surface area (Å²) in [7, 11) is -1.90. The first-order chi connectivity index (χ1) is 12.9. The highest BCUT2D eigenvalue weighted by Crippen LogP contribution is 2.28. The number of rotatable bonds is 6. The molecule has 1 fully saturated rings. The summed E-state index contributed by atoms with van der Waals surface area (Å²) in [5.41, 5.74) is -0.346. The summed E-state index contributed by atoms with van der Waals surface area (Å²) in [5.74, 6) is -0.371. The van der Waals surface area contributed by atoms with Crippen LogP contribution < -0.4 is 5.32 Å². The monoisotopic (exact) mass is 494 g/mol. The molecule has 1 aliphatic heterocycles. The number of nitrogens with one attached hydrogen (secondary N) is 1. The second-order valence-corrected chi connectivity index (χ2v) is 12.4. The van der Waals surface area contributed by atoms with Gasteiger partial charge in [-0.15, -0.1) is 11.3 Å². The molecule has 0 spiro atoms. The van der Waals surface area contributed by atoms with Crippen molar-refractivity contribution in [1.82, 2.24) is 19.4 Å². The van der Waals surface area contributed by atoms with E-state index in [0.717, 1.165) is 3.79 Å². The Labute approximate surface area is 179 Å². The van der Waals surface area contributed by atoms with E-state index in [-0.39, 0.29) is 30.4 Å². The average molecular weight is 495 g/mol. The van der Waals surface area contributed by atoms with Crippen LogP contribution in [0.1, 0.15) is 20.8 Å². The van der Waals surface area contributed by atoms with E-state index >= 15 is 0 Å². The van der Waals surface area contributed by atoms with Gasteiger partial charge >= 0.3 is 0 Å². The van der Waals surface area contributed by atoms with Crippen LogP contribution >= 0.6 is 27.3 Å². The SMILES string of the molecule is CN(CC(=O)NC(C)(C)C)C(=O)CN1CCN(S(=O)(=O)c2ccc(Br)s2)CC1. The van der Waals surface area contributed by atoms with Gasteiger partial charge in [0.1, 0.15) is 4.21 Å². The van der Waals surface area contributed by atoms with E-state index in [1.807, 2.05) is 25.7 Å². The molecule has 1 aliphatic rings. The third-order valence-electron chi connectivity index (χ3n) is 4.15. The van der Waals surface area contributed by atoms with Crippen LogP contribution in [0.3, 0.4) is 0 Å². The number of carbonyl (C=O) groups is 2. The maximum Gasteiger partial charge on any atom is 0.252 e. The zero-order valence-electron chi connectivity index (χ0n) is 16.6. The summed E-state index contributed by atoms with van der Waals surface area (Å²) in [4.78, 5) is 27.7. The number of amides is 2. The van der Waals surface area contributed by atoms with Crippen molar-refractivity contribution >= 4 is 49.1 Å². The molecule has 2 amide bonds. The molecule has 158 valence electrons. The Morgan fingerprint density at radius 2 is 1.82 bits per heavy atom. The van der Waals surface area contributed by atoms with Crippen molar-refractivity contribution in [1.29, 1.82) is 0 Å². The highest BCUT2D eigenvalue weighted by atomic mass is 79.9. The van der Waals surface area contributed by atoms with Gasteiger partial charge in [-0.25, -0.2) is 8.42 Å². The first-order valence-corrected chi connectivity index (χ1v) is 12.0. The van der Waals surface area contributed by atoms with Gasteiger partial charge < -0.3 is 10.2 Å². The molecule has 0 radical (unpaired) electrons. The van der Waals surface area contributed by atoms with Gasteiger partial charge in [0.2, 0.25) is 11.8 Å². The maximum atomic E-state index is 12.7. The molecule has 11 heteroatoms. The fraction of sp³-hybridized carbons (Fsp3) is 0.647. The van der Waals surface area contributed by atoms with Crippen LogP contribution in [0.5, 0.6) is 0 Å². The number of thiophene rings is 1. The fourth-order valence-corrected chi connectivity index (χ4v) is 6.35. The van der Waals surface area contributed by atoms with E-state index in [1.165, 1.54) is 20.5 Å². The van der Waals surface area contributed by atoms with Gasteiger partial charge in [-0.3, -0.25) is 14.5 Å². The molecule has 0 aliphatic carbocycles. The molecule has 1 aromatic heterocycles. The second kappa shape index (κ2) is 9.21. The lowest BCUT2D eigenvalue weighted by atomic mass is 10.1. The molecule has 0 bridgehead atoms. The second-order valence-electron chi connectivity index (χ2n) is 7.79. The fourth-order valence-electron chi connectivity index (χ4n) is 2.76. The van der Waals surface area contributed by atoms with E-state index in [9.17, 15) is 18.0 Å². The lowest BCUT2D eigenvalue weighted by molar-refractivity contribution is -0.136. The predicted octanol–water partition coefficient (Wildman–Crippen LogP) is 1.19. The zero-order chi connectivity index (χ0) is 21.1. The minimum absolute atomic E-state index is 0.00228. The Kier molecular flexibility index (Phi) is 7.65. The molecule has 0 unspecified atom stereocenters. The molecule has 0 aromatic carbocycles. The first kappa shape index (κ1) is 23.3. The van der Waals surface area contributed by atoms with Gasteiger partial charge in [-0.2, -0.15) is 4.31 Å². The predicted molar refractivity (Wildman–Crippen MR) is 113 cm³/mol. The minimum Gasteiger partial charge on any atom is -0.350 e. The zero-order valence-corrected chi connectivity index (χ0v) is 19.8. The number of carbonyl (C=O) groups excluding carboxylic acids is 2. The van der Waals surface area contributed by atoms with Crippen LogP contribution in [-0.4, -0.2) is 86.2 Å². The van der Waals surface area contributed by atoms with Gasteiger partial charge in [-0.05, 0) is 48.8 Å². The first-order valence-electron chi connectivity index (χ1n) is 8.91.